The Bertz CT molecular complexity index is 123. The number of rotatable bonds is 2. The first-order valence-corrected chi connectivity index (χ1v) is 3.83. The highest BCUT2D eigenvalue weighted by molar-refractivity contribution is 6.62. The third-order valence-electron chi connectivity index (χ3n) is 1.65. The smallest absolute Gasteiger partial charge is 0.313 e. The van der Waals surface area contributed by atoms with E-state index in [2.05, 4.69) is 10.6 Å². The monoisotopic (exact) mass is 162 g/mol. The summed E-state index contributed by atoms with van der Waals surface area (Å²) in [6.07, 6.45) is 2.33. The van der Waals surface area contributed by atoms with Gasteiger partial charge in [0, 0.05) is 12.6 Å². The predicted octanol–water partition coefficient (Wildman–Crippen LogP) is 0.687. The summed E-state index contributed by atoms with van der Waals surface area (Å²) >= 11 is 5.08. The van der Waals surface area contributed by atoms with E-state index < -0.39 is 5.37 Å². The second-order valence-electron chi connectivity index (χ2n) is 2.45. The summed E-state index contributed by atoms with van der Waals surface area (Å²) in [5.41, 5.74) is 0. The first kappa shape index (κ1) is 7.82. The molecule has 1 atom stereocenters. The van der Waals surface area contributed by atoms with Crippen LogP contribution in [-0.4, -0.2) is 24.5 Å². The van der Waals surface area contributed by atoms with Gasteiger partial charge in [-0.05, 0) is 31.0 Å². The van der Waals surface area contributed by atoms with Crippen LogP contribution in [0.5, 0.6) is 0 Å². The minimum Gasteiger partial charge on any atom is -0.341 e. The number of nitrogens with one attached hydrogen (secondary N) is 2. The van der Waals surface area contributed by atoms with Crippen LogP contribution in [0, 0.1) is 0 Å². The van der Waals surface area contributed by atoms with Crippen LogP contribution in [0.2, 0.25) is 0 Å². The molecule has 1 aliphatic heterocycles. The van der Waals surface area contributed by atoms with Crippen LogP contribution >= 0.6 is 11.6 Å². The van der Waals surface area contributed by atoms with Gasteiger partial charge in [0.2, 0.25) is 0 Å². The van der Waals surface area contributed by atoms with Crippen molar-refractivity contribution in [2.24, 2.45) is 0 Å². The van der Waals surface area contributed by atoms with Crippen molar-refractivity contribution in [2.45, 2.75) is 18.9 Å². The van der Waals surface area contributed by atoms with Crippen LogP contribution < -0.4 is 10.6 Å². The Morgan fingerprint density at radius 2 is 2.60 bits per heavy atom. The fourth-order valence-electron chi connectivity index (χ4n) is 1.13. The molecule has 0 aliphatic carbocycles. The summed E-state index contributed by atoms with van der Waals surface area (Å²) in [7, 11) is 0. The molecule has 1 saturated heterocycles. The highest BCUT2D eigenvalue weighted by atomic mass is 35.5. The molecule has 3 nitrogen and oxygen atoms in total. The molecular formula is C6H11ClN2O. The van der Waals surface area contributed by atoms with Gasteiger partial charge in [0.1, 0.15) is 0 Å². The molecule has 0 radical (unpaired) electrons. The molecule has 1 rings (SSSR count). The van der Waals surface area contributed by atoms with Gasteiger partial charge in [0.05, 0.1) is 0 Å². The fraction of sp³-hybridized carbons (Fsp3) is 0.833. The summed E-state index contributed by atoms with van der Waals surface area (Å²) in [5.74, 6) is 0. The third kappa shape index (κ3) is 2.54. The van der Waals surface area contributed by atoms with Gasteiger partial charge in [-0.2, -0.15) is 0 Å². The summed E-state index contributed by atoms with van der Waals surface area (Å²) in [5, 5.41) is 5.33. The van der Waals surface area contributed by atoms with E-state index in [9.17, 15) is 4.79 Å². The Hall–Kier alpha value is -0.280. The topological polar surface area (TPSA) is 41.1 Å². The molecule has 0 unspecified atom stereocenters. The Labute approximate surface area is 65.1 Å². The maximum atomic E-state index is 10.2. The Balaban J connectivity index is 2.07. The number of carbonyl (C=O) groups excluding carboxylic acids is 1. The highest BCUT2D eigenvalue weighted by Gasteiger charge is 2.13. The SMILES string of the molecule is O=C(Cl)NC[C@H]1CCCN1. The summed E-state index contributed by atoms with van der Waals surface area (Å²) < 4.78 is 0. The van der Waals surface area contributed by atoms with Crippen molar-refractivity contribution in [1.29, 1.82) is 0 Å². The quantitative estimate of drug-likeness (QED) is 0.463. The van der Waals surface area contributed by atoms with Crippen molar-refractivity contribution in [3.05, 3.63) is 0 Å². The van der Waals surface area contributed by atoms with Gasteiger partial charge < -0.3 is 10.6 Å². The molecule has 1 amide bonds. The van der Waals surface area contributed by atoms with Crippen molar-refractivity contribution in [2.75, 3.05) is 13.1 Å². The molecule has 58 valence electrons. The first-order valence-electron chi connectivity index (χ1n) is 3.46. The van der Waals surface area contributed by atoms with Crippen LogP contribution in [0.1, 0.15) is 12.8 Å². The molecule has 0 aromatic rings. The van der Waals surface area contributed by atoms with Crippen molar-refractivity contribution in [1.82, 2.24) is 10.6 Å². The van der Waals surface area contributed by atoms with Gasteiger partial charge in [-0.1, -0.05) is 0 Å². The summed E-state index contributed by atoms with van der Waals surface area (Å²) in [4.78, 5) is 10.2. The molecule has 0 spiro atoms. The second-order valence-corrected chi connectivity index (χ2v) is 2.79. The minimum absolute atomic E-state index is 0.433. The van der Waals surface area contributed by atoms with Crippen LogP contribution in [0.4, 0.5) is 4.79 Å². The average molecular weight is 163 g/mol. The number of hydrogen-bond acceptors (Lipinski definition) is 2. The molecule has 0 bridgehead atoms. The minimum atomic E-state index is -0.464. The van der Waals surface area contributed by atoms with E-state index in [0.29, 0.717) is 12.6 Å². The number of carbonyl (C=O) groups is 1. The van der Waals surface area contributed by atoms with Gasteiger partial charge in [-0.15, -0.1) is 0 Å². The lowest BCUT2D eigenvalue weighted by atomic mass is 10.2. The third-order valence-corrected chi connectivity index (χ3v) is 1.78. The molecule has 2 N–H and O–H groups in total. The second kappa shape index (κ2) is 3.78. The molecule has 0 saturated carbocycles. The van der Waals surface area contributed by atoms with Gasteiger partial charge >= 0.3 is 5.37 Å². The lowest BCUT2D eigenvalue weighted by Crippen LogP contribution is -2.34. The molecular weight excluding hydrogens is 152 g/mol. The number of halogens is 1. The van der Waals surface area contributed by atoms with Crippen LogP contribution in [-0.2, 0) is 0 Å². The predicted molar refractivity (Wildman–Crippen MR) is 40.3 cm³/mol. The van der Waals surface area contributed by atoms with Crippen molar-refractivity contribution in [3.63, 3.8) is 0 Å². The van der Waals surface area contributed by atoms with E-state index in [1.54, 1.807) is 0 Å². The molecule has 0 aromatic heterocycles. The normalized spacial score (nSPS) is 24.7. The zero-order valence-corrected chi connectivity index (χ0v) is 6.45. The molecule has 4 heteroatoms. The molecule has 1 aliphatic rings. The van der Waals surface area contributed by atoms with Crippen LogP contribution in [0.3, 0.4) is 0 Å². The Morgan fingerprint density at radius 3 is 3.10 bits per heavy atom. The van der Waals surface area contributed by atoms with E-state index in [0.717, 1.165) is 13.0 Å². The molecule has 0 aromatic carbocycles. The molecule has 1 fully saturated rings. The zero-order chi connectivity index (χ0) is 7.40. The summed E-state index contributed by atoms with van der Waals surface area (Å²) in [6.45, 7) is 1.71. The first-order chi connectivity index (χ1) is 4.79. The van der Waals surface area contributed by atoms with E-state index in [4.69, 9.17) is 11.6 Å². The standard InChI is InChI=1S/C6H11ClN2O/c7-6(10)9-4-5-2-1-3-8-5/h5,8H,1-4H2,(H,9,10)/t5-/m1/s1. The Kier molecular flexibility index (Phi) is 2.96. The summed E-state index contributed by atoms with van der Waals surface area (Å²) in [6, 6.07) is 0.433. The molecule has 10 heavy (non-hydrogen) atoms. The van der Waals surface area contributed by atoms with E-state index in [-0.39, 0.29) is 0 Å². The van der Waals surface area contributed by atoms with Crippen LogP contribution in [0.25, 0.3) is 0 Å². The maximum absolute atomic E-state index is 10.2. The van der Waals surface area contributed by atoms with Gasteiger partial charge in [0.25, 0.3) is 0 Å². The van der Waals surface area contributed by atoms with Crippen molar-refractivity contribution >= 4 is 17.0 Å². The van der Waals surface area contributed by atoms with Gasteiger partial charge in [0.15, 0.2) is 0 Å². The largest absolute Gasteiger partial charge is 0.341 e. The van der Waals surface area contributed by atoms with E-state index >= 15 is 0 Å². The Morgan fingerprint density at radius 1 is 1.80 bits per heavy atom. The lowest BCUT2D eigenvalue weighted by molar-refractivity contribution is 0.259. The van der Waals surface area contributed by atoms with Crippen molar-refractivity contribution in [3.8, 4) is 0 Å². The number of hydrogen-bond donors (Lipinski definition) is 2. The van der Waals surface area contributed by atoms with Crippen LogP contribution in [0.15, 0.2) is 0 Å². The number of amides is 1. The average Bonchev–Trinajstić information content (AvgIpc) is 2.34. The van der Waals surface area contributed by atoms with Gasteiger partial charge in [-0.3, -0.25) is 4.79 Å². The van der Waals surface area contributed by atoms with E-state index in [1.165, 1.54) is 6.42 Å². The van der Waals surface area contributed by atoms with Crippen molar-refractivity contribution < 1.29 is 4.79 Å². The highest BCUT2D eigenvalue weighted by Crippen LogP contribution is 2.02. The lowest BCUT2D eigenvalue weighted by Gasteiger charge is -2.08. The van der Waals surface area contributed by atoms with Gasteiger partial charge in [-0.25, -0.2) is 0 Å². The molecule has 1 heterocycles. The fourth-order valence-corrected chi connectivity index (χ4v) is 1.21. The zero-order valence-electron chi connectivity index (χ0n) is 5.69. The maximum Gasteiger partial charge on any atom is 0.313 e. The van der Waals surface area contributed by atoms with E-state index in [1.807, 2.05) is 0 Å².